The lowest BCUT2D eigenvalue weighted by molar-refractivity contribution is -0.221. The second-order valence-corrected chi connectivity index (χ2v) is 14.0. The zero-order valence-electron chi connectivity index (χ0n) is 21.5. The van der Waals surface area contributed by atoms with Crippen molar-refractivity contribution < 1.29 is 9.90 Å². The van der Waals surface area contributed by atoms with E-state index in [-0.39, 0.29) is 21.7 Å². The zero-order chi connectivity index (χ0) is 23.3. The molecular weight excluding hydrogens is 392 g/mol. The molecule has 5 aliphatic carbocycles. The van der Waals surface area contributed by atoms with Crippen LogP contribution in [0.1, 0.15) is 92.9 Å². The van der Waals surface area contributed by atoms with Crippen LogP contribution in [0.15, 0.2) is 24.3 Å². The van der Waals surface area contributed by atoms with Gasteiger partial charge >= 0.3 is 0 Å². The first-order chi connectivity index (χ1) is 14.9. The number of aliphatic hydroxyl groups is 1. The molecule has 178 valence electrons. The SMILES string of the molecule is C=C(C)[C@@H]1CC[C@]2(CO)CC[C@]3(C)[C@H](CC[C@@H]4[C@@]5(C)C=CC(=O)C(C)(C)C5CC[C@]43C)[C@@H]12. The van der Waals surface area contributed by atoms with Crippen LogP contribution in [0, 0.1) is 56.7 Å². The van der Waals surface area contributed by atoms with Gasteiger partial charge in [0.2, 0.25) is 0 Å². The molecule has 0 spiro atoms. The second kappa shape index (κ2) is 6.83. The lowest BCUT2D eigenvalue weighted by Gasteiger charge is -2.71. The molecule has 9 atom stereocenters. The van der Waals surface area contributed by atoms with E-state index < -0.39 is 0 Å². The Morgan fingerprint density at radius 2 is 1.69 bits per heavy atom. The normalized spacial score (nSPS) is 53.7. The van der Waals surface area contributed by atoms with Gasteiger partial charge in [0.05, 0.1) is 0 Å². The number of allylic oxidation sites excluding steroid dienone is 3. The summed E-state index contributed by atoms with van der Waals surface area (Å²) in [5, 5.41) is 10.6. The molecular formula is C30H46O2. The molecule has 1 unspecified atom stereocenters. The van der Waals surface area contributed by atoms with Gasteiger partial charge in [-0.1, -0.05) is 52.8 Å². The highest BCUT2D eigenvalue weighted by atomic mass is 16.3. The van der Waals surface area contributed by atoms with E-state index in [2.05, 4.69) is 54.2 Å². The predicted octanol–water partition coefficient (Wildman–Crippen LogP) is 6.98. The topological polar surface area (TPSA) is 37.3 Å². The maximum atomic E-state index is 12.8. The molecule has 0 saturated heterocycles. The van der Waals surface area contributed by atoms with E-state index in [4.69, 9.17) is 0 Å². The average molecular weight is 439 g/mol. The van der Waals surface area contributed by atoms with Gasteiger partial charge < -0.3 is 5.11 Å². The monoisotopic (exact) mass is 438 g/mol. The summed E-state index contributed by atoms with van der Waals surface area (Å²) in [4.78, 5) is 12.8. The number of ketones is 1. The first-order valence-corrected chi connectivity index (χ1v) is 13.4. The van der Waals surface area contributed by atoms with Gasteiger partial charge in [0.15, 0.2) is 5.78 Å². The standard InChI is InChI=1S/C30H46O2/c1-19(2)20-10-15-30(18-31)17-16-28(6)21(25(20)30)8-9-23-27(5)13-12-24(32)26(3,4)22(27)11-14-29(23,28)7/h12-13,20-23,25,31H,1,8-11,14-18H2,2-7H3/t20-,21+,22?,23+,25+,27-,28+,29+,30+/m0/s1. The molecule has 0 bridgehead atoms. The van der Waals surface area contributed by atoms with Crippen LogP contribution in [-0.2, 0) is 4.79 Å². The van der Waals surface area contributed by atoms with Crippen molar-refractivity contribution in [1.29, 1.82) is 0 Å². The van der Waals surface area contributed by atoms with E-state index >= 15 is 0 Å². The van der Waals surface area contributed by atoms with Crippen molar-refractivity contribution >= 4 is 5.78 Å². The molecule has 2 heteroatoms. The van der Waals surface area contributed by atoms with Gasteiger partial charge in [-0.2, -0.15) is 0 Å². The smallest absolute Gasteiger partial charge is 0.161 e. The van der Waals surface area contributed by atoms with Gasteiger partial charge in [-0.15, -0.1) is 0 Å². The summed E-state index contributed by atoms with van der Waals surface area (Å²) in [5.41, 5.74) is 1.90. The molecule has 2 nitrogen and oxygen atoms in total. The number of hydrogen-bond acceptors (Lipinski definition) is 2. The molecule has 4 saturated carbocycles. The first-order valence-electron chi connectivity index (χ1n) is 13.4. The Balaban J connectivity index is 1.58. The third-order valence-corrected chi connectivity index (χ3v) is 12.8. The average Bonchev–Trinajstić information content (AvgIpc) is 3.12. The lowest BCUT2D eigenvalue weighted by Crippen LogP contribution is -2.65. The molecule has 5 aliphatic rings. The maximum absolute atomic E-state index is 12.8. The minimum Gasteiger partial charge on any atom is -0.396 e. The van der Waals surface area contributed by atoms with E-state index in [0.717, 1.165) is 6.42 Å². The van der Waals surface area contributed by atoms with E-state index in [1.54, 1.807) is 0 Å². The molecule has 4 fully saturated rings. The fraction of sp³-hybridized carbons (Fsp3) is 0.833. The summed E-state index contributed by atoms with van der Waals surface area (Å²) in [7, 11) is 0. The second-order valence-electron chi connectivity index (χ2n) is 14.0. The van der Waals surface area contributed by atoms with E-state index in [1.165, 1.54) is 50.5 Å². The maximum Gasteiger partial charge on any atom is 0.161 e. The Morgan fingerprint density at radius 3 is 2.34 bits per heavy atom. The molecule has 0 aromatic rings. The number of aliphatic hydroxyl groups excluding tert-OH is 1. The van der Waals surface area contributed by atoms with Crippen molar-refractivity contribution in [3.8, 4) is 0 Å². The van der Waals surface area contributed by atoms with Gasteiger partial charge in [-0.25, -0.2) is 0 Å². The summed E-state index contributed by atoms with van der Waals surface area (Å²) < 4.78 is 0. The molecule has 0 aromatic carbocycles. The minimum atomic E-state index is -0.252. The third kappa shape index (κ3) is 2.54. The molecule has 0 heterocycles. The zero-order valence-corrected chi connectivity index (χ0v) is 21.5. The molecule has 32 heavy (non-hydrogen) atoms. The first kappa shape index (κ1) is 22.9. The lowest BCUT2D eigenvalue weighted by atomic mass is 9.33. The Bertz CT molecular complexity index is 868. The van der Waals surface area contributed by atoms with E-state index in [1.807, 2.05) is 6.08 Å². The Kier molecular flexibility index (Phi) is 4.89. The van der Waals surface area contributed by atoms with Crippen LogP contribution in [0.4, 0.5) is 0 Å². The fourth-order valence-electron chi connectivity index (χ4n) is 10.9. The van der Waals surface area contributed by atoms with Crippen LogP contribution in [0.3, 0.4) is 0 Å². The number of carbonyl (C=O) groups excluding carboxylic acids is 1. The summed E-state index contributed by atoms with van der Waals surface area (Å²) in [5.74, 6) is 3.24. The van der Waals surface area contributed by atoms with Gasteiger partial charge in [-0.3, -0.25) is 4.79 Å². The number of carbonyl (C=O) groups is 1. The van der Waals surface area contributed by atoms with Crippen LogP contribution in [0.2, 0.25) is 0 Å². The molecule has 0 aromatic heterocycles. The van der Waals surface area contributed by atoms with E-state index in [0.29, 0.717) is 47.4 Å². The van der Waals surface area contributed by atoms with E-state index in [9.17, 15) is 9.90 Å². The third-order valence-electron chi connectivity index (χ3n) is 12.8. The van der Waals surface area contributed by atoms with Crippen molar-refractivity contribution in [2.75, 3.05) is 6.61 Å². The largest absolute Gasteiger partial charge is 0.396 e. The highest BCUT2D eigenvalue weighted by molar-refractivity contribution is 5.95. The van der Waals surface area contributed by atoms with Crippen LogP contribution >= 0.6 is 0 Å². The summed E-state index contributed by atoms with van der Waals surface area (Å²) in [6, 6.07) is 0. The molecule has 0 amide bonds. The molecule has 0 aliphatic heterocycles. The van der Waals surface area contributed by atoms with Crippen LogP contribution in [-0.4, -0.2) is 17.5 Å². The summed E-state index contributed by atoms with van der Waals surface area (Å²) in [6.45, 7) is 19.1. The highest BCUT2D eigenvalue weighted by Crippen LogP contribution is 2.76. The van der Waals surface area contributed by atoms with Crippen molar-refractivity contribution in [3.05, 3.63) is 24.3 Å². The number of rotatable bonds is 2. The van der Waals surface area contributed by atoms with Gasteiger partial charge in [0.1, 0.15) is 0 Å². The summed E-state index contributed by atoms with van der Waals surface area (Å²) >= 11 is 0. The van der Waals surface area contributed by atoms with Crippen LogP contribution < -0.4 is 0 Å². The van der Waals surface area contributed by atoms with Gasteiger partial charge in [0.25, 0.3) is 0 Å². The van der Waals surface area contributed by atoms with Crippen molar-refractivity contribution in [2.24, 2.45) is 56.7 Å². The summed E-state index contributed by atoms with van der Waals surface area (Å²) in [6.07, 6.45) is 14.0. The van der Waals surface area contributed by atoms with Gasteiger partial charge in [-0.05, 0) is 116 Å². The number of hydrogen-bond donors (Lipinski definition) is 1. The van der Waals surface area contributed by atoms with Gasteiger partial charge in [0, 0.05) is 12.0 Å². The Hall–Kier alpha value is -0.890. The molecule has 5 rings (SSSR count). The van der Waals surface area contributed by atoms with Crippen LogP contribution in [0.25, 0.3) is 0 Å². The van der Waals surface area contributed by atoms with Crippen molar-refractivity contribution in [1.82, 2.24) is 0 Å². The molecule has 0 radical (unpaired) electrons. The van der Waals surface area contributed by atoms with Crippen molar-refractivity contribution in [3.63, 3.8) is 0 Å². The Labute approximate surface area is 196 Å². The highest BCUT2D eigenvalue weighted by Gasteiger charge is 2.70. The fourth-order valence-corrected chi connectivity index (χ4v) is 10.9. The van der Waals surface area contributed by atoms with Crippen molar-refractivity contribution in [2.45, 2.75) is 92.9 Å². The quantitative estimate of drug-likeness (QED) is 0.472. The van der Waals surface area contributed by atoms with Crippen LogP contribution in [0.5, 0.6) is 0 Å². The minimum absolute atomic E-state index is 0.104. The predicted molar refractivity (Wildman–Crippen MR) is 131 cm³/mol. The number of fused-ring (bicyclic) bond motifs is 7. The molecule has 1 N–H and O–H groups in total. The Morgan fingerprint density at radius 1 is 0.969 bits per heavy atom.